The van der Waals surface area contributed by atoms with Gasteiger partial charge in [0.2, 0.25) is 0 Å². The molecule has 0 fully saturated rings. The van der Waals surface area contributed by atoms with E-state index < -0.39 is 0 Å². The van der Waals surface area contributed by atoms with E-state index in [9.17, 15) is 0 Å². The highest BCUT2D eigenvalue weighted by Crippen LogP contribution is 2.50. The zero-order chi connectivity index (χ0) is 37.7. The molecule has 0 aliphatic rings. The Kier molecular flexibility index (Phi) is 8.04. The van der Waals surface area contributed by atoms with E-state index in [4.69, 9.17) is 4.42 Å². The van der Waals surface area contributed by atoms with Gasteiger partial charge in [-0.1, -0.05) is 170 Å². The third kappa shape index (κ3) is 5.80. The zero-order valence-electron chi connectivity index (χ0n) is 31.0. The van der Waals surface area contributed by atoms with Crippen LogP contribution in [0.15, 0.2) is 217 Å². The minimum absolute atomic E-state index is 0.873. The minimum Gasteiger partial charge on any atom is -0.455 e. The van der Waals surface area contributed by atoms with Crippen LogP contribution in [0.3, 0.4) is 0 Å². The molecule has 9 aromatic carbocycles. The van der Waals surface area contributed by atoms with Crippen LogP contribution in [-0.2, 0) is 0 Å². The van der Waals surface area contributed by atoms with Crippen LogP contribution in [0, 0.1) is 0 Å². The second-order valence-electron chi connectivity index (χ2n) is 14.5. The fourth-order valence-corrected chi connectivity index (χ4v) is 9.58. The molecule has 2 aromatic heterocycles. The molecule has 0 atom stereocenters. The standard InChI is InChI=1S/C54H35NOS/c1-4-14-36(15-5-1)38-26-28-39(29-27-38)41-20-12-21-43(34-41)55(48-33-32-44(40-18-8-3-9-19-40)53-52(48)47-22-10-11-25-50(47)56-53)49-24-13-23-46-45-31-30-42(35-51(45)57-54(46)49)37-16-6-2-7-17-37/h1-35H. The number of nitrogens with zero attached hydrogens (tertiary/aromatic N) is 1. The first-order valence-corrected chi connectivity index (χ1v) is 20.1. The Morgan fingerprint density at radius 2 is 0.930 bits per heavy atom. The molecule has 268 valence electrons. The van der Waals surface area contributed by atoms with E-state index in [1.165, 1.54) is 48.0 Å². The highest BCUT2D eigenvalue weighted by molar-refractivity contribution is 7.26. The summed E-state index contributed by atoms with van der Waals surface area (Å²) in [5, 5.41) is 4.70. The molecule has 0 saturated heterocycles. The number of fused-ring (bicyclic) bond motifs is 6. The van der Waals surface area contributed by atoms with E-state index in [0.717, 1.165) is 55.7 Å². The van der Waals surface area contributed by atoms with Gasteiger partial charge in [-0.25, -0.2) is 0 Å². The van der Waals surface area contributed by atoms with Crippen LogP contribution in [-0.4, -0.2) is 0 Å². The van der Waals surface area contributed by atoms with Gasteiger partial charge in [-0.05, 0) is 81.4 Å². The molecule has 0 bridgehead atoms. The van der Waals surface area contributed by atoms with Crippen molar-refractivity contribution in [2.75, 3.05) is 4.90 Å². The van der Waals surface area contributed by atoms with E-state index in [2.05, 4.69) is 217 Å². The predicted octanol–water partition coefficient (Wildman–Crippen LogP) is 16.1. The maximum atomic E-state index is 6.81. The zero-order valence-corrected chi connectivity index (χ0v) is 31.8. The molecule has 3 heteroatoms. The predicted molar refractivity (Wildman–Crippen MR) is 243 cm³/mol. The van der Waals surface area contributed by atoms with Crippen molar-refractivity contribution in [2.24, 2.45) is 0 Å². The first kappa shape index (κ1) is 33.2. The van der Waals surface area contributed by atoms with Crippen LogP contribution in [0.2, 0.25) is 0 Å². The van der Waals surface area contributed by atoms with Gasteiger partial charge in [-0.2, -0.15) is 0 Å². The molecule has 11 rings (SSSR count). The van der Waals surface area contributed by atoms with Gasteiger partial charge in [0.25, 0.3) is 0 Å². The highest BCUT2D eigenvalue weighted by atomic mass is 32.1. The minimum atomic E-state index is 0.873. The molecule has 2 nitrogen and oxygen atoms in total. The van der Waals surface area contributed by atoms with E-state index >= 15 is 0 Å². The Labute approximate surface area is 335 Å². The van der Waals surface area contributed by atoms with Crippen LogP contribution in [0.5, 0.6) is 0 Å². The number of para-hydroxylation sites is 1. The summed E-state index contributed by atoms with van der Waals surface area (Å²) in [6.07, 6.45) is 0. The van der Waals surface area contributed by atoms with Crippen LogP contribution in [0.25, 0.3) is 86.6 Å². The average molecular weight is 746 g/mol. The summed E-state index contributed by atoms with van der Waals surface area (Å²) in [6, 6.07) is 76.2. The summed E-state index contributed by atoms with van der Waals surface area (Å²) in [5.74, 6) is 0. The Bertz CT molecular complexity index is 3220. The molecule has 0 saturated carbocycles. The van der Waals surface area contributed by atoms with Crippen LogP contribution >= 0.6 is 11.3 Å². The summed E-state index contributed by atoms with van der Waals surface area (Å²) in [5.41, 5.74) is 14.4. The van der Waals surface area contributed by atoms with Crippen molar-refractivity contribution in [1.82, 2.24) is 0 Å². The normalized spacial score (nSPS) is 11.5. The number of rotatable bonds is 7. The molecule has 0 unspecified atom stereocenters. The fraction of sp³-hybridized carbons (Fsp3) is 0. The van der Waals surface area contributed by atoms with Crippen LogP contribution in [0.4, 0.5) is 17.1 Å². The summed E-state index contributed by atoms with van der Waals surface area (Å²) in [7, 11) is 0. The lowest BCUT2D eigenvalue weighted by Gasteiger charge is -2.27. The molecule has 0 spiro atoms. The van der Waals surface area contributed by atoms with Crippen molar-refractivity contribution < 1.29 is 4.42 Å². The number of hydrogen-bond acceptors (Lipinski definition) is 3. The van der Waals surface area contributed by atoms with Crippen molar-refractivity contribution in [3.05, 3.63) is 212 Å². The quantitative estimate of drug-likeness (QED) is 0.162. The van der Waals surface area contributed by atoms with E-state index in [-0.39, 0.29) is 0 Å². The first-order valence-electron chi connectivity index (χ1n) is 19.3. The molecule has 57 heavy (non-hydrogen) atoms. The number of hydrogen-bond donors (Lipinski definition) is 0. The first-order chi connectivity index (χ1) is 28.3. The van der Waals surface area contributed by atoms with Gasteiger partial charge in [0.1, 0.15) is 11.2 Å². The van der Waals surface area contributed by atoms with Crippen LogP contribution < -0.4 is 4.90 Å². The fourth-order valence-electron chi connectivity index (χ4n) is 8.33. The van der Waals surface area contributed by atoms with Gasteiger partial charge in [-0.15, -0.1) is 11.3 Å². The third-order valence-electron chi connectivity index (χ3n) is 11.1. The maximum absolute atomic E-state index is 6.81. The lowest BCUT2D eigenvalue weighted by molar-refractivity contribution is 0.670. The number of thiophene rings is 1. The molecular weight excluding hydrogens is 711 g/mol. The Morgan fingerprint density at radius 3 is 1.68 bits per heavy atom. The summed E-state index contributed by atoms with van der Waals surface area (Å²) < 4.78 is 9.32. The molecule has 0 amide bonds. The largest absolute Gasteiger partial charge is 0.455 e. The van der Waals surface area contributed by atoms with E-state index in [1.54, 1.807) is 0 Å². The number of furan rings is 1. The Balaban J connectivity index is 1.15. The molecule has 0 aliphatic heterocycles. The lowest BCUT2D eigenvalue weighted by Crippen LogP contribution is -2.10. The van der Waals surface area contributed by atoms with Crippen LogP contribution in [0.1, 0.15) is 0 Å². The van der Waals surface area contributed by atoms with E-state index in [1.807, 2.05) is 11.3 Å². The molecular formula is C54H35NOS. The maximum Gasteiger partial charge on any atom is 0.145 e. The molecule has 0 radical (unpaired) electrons. The molecule has 0 aliphatic carbocycles. The number of benzene rings is 9. The third-order valence-corrected chi connectivity index (χ3v) is 12.3. The molecule has 11 aromatic rings. The second kappa shape index (κ2) is 13.8. The average Bonchev–Trinajstić information content (AvgIpc) is 3.87. The van der Waals surface area contributed by atoms with Gasteiger partial charge in [0.15, 0.2) is 0 Å². The second-order valence-corrected chi connectivity index (χ2v) is 15.5. The summed E-state index contributed by atoms with van der Waals surface area (Å²) >= 11 is 1.86. The summed E-state index contributed by atoms with van der Waals surface area (Å²) in [6.45, 7) is 0. The van der Waals surface area contributed by atoms with Gasteiger partial charge < -0.3 is 9.32 Å². The number of anilines is 3. The van der Waals surface area contributed by atoms with Gasteiger partial charge in [-0.3, -0.25) is 0 Å². The topological polar surface area (TPSA) is 16.4 Å². The lowest BCUT2D eigenvalue weighted by atomic mass is 9.98. The van der Waals surface area contributed by atoms with Crippen molar-refractivity contribution in [3.63, 3.8) is 0 Å². The van der Waals surface area contributed by atoms with Crippen molar-refractivity contribution in [3.8, 4) is 44.5 Å². The SMILES string of the molecule is c1ccc(-c2ccc(-c3cccc(N(c4cccc5c4sc4cc(-c6ccccc6)ccc45)c4ccc(-c5ccccc5)c5oc6ccccc6c45)c3)cc2)cc1. The van der Waals surface area contributed by atoms with Crippen molar-refractivity contribution in [2.45, 2.75) is 0 Å². The monoisotopic (exact) mass is 745 g/mol. The van der Waals surface area contributed by atoms with Gasteiger partial charge in [0, 0.05) is 32.1 Å². The van der Waals surface area contributed by atoms with Gasteiger partial charge in [0.05, 0.1) is 21.5 Å². The summed E-state index contributed by atoms with van der Waals surface area (Å²) in [4.78, 5) is 2.46. The molecule has 2 heterocycles. The molecule has 0 N–H and O–H groups in total. The van der Waals surface area contributed by atoms with Gasteiger partial charge >= 0.3 is 0 Å². The Hall–Kier alpha value is -7.20. The van der Waals surface area contributed by atoms with E-state index in [0.29, 0.717) is 0 Å². The smallest absolute Gasteiger partial charge is 0.145 e. The van der Waals surface area contributed by atoms with Crippen molar-refractivity contribution >= 4 is 70.5 Å². The highest BCUT2D eigenvalue weighted by Gasteiger charge is 2.24. The Morgan fingerprint density at radius 1 is 0.368 bits per heavy atom. The van der Waals surface area contributed by atoms with Crippen molar-refractivity contribution in [1.29, 1.82) is 0 Å².